The highest BCUT2D eigenvalue weighted by molar-refractivity contribution is 6.30. The molecular formula is C5H5AlN2. The van der Waals surface area contributed by atoms with Gasteiger partial charge in [-0.3, -0.25) is 9.97 Å². The van der Waals surface area contributed by atoms with Crippen molar-refractivity contribution in [3.63, 3.8) is 0 Å². The molecule has 0 saturated carbocycles. The summed E-state index contributed by atoms with van der Waals surface area (Å²) in [5.41, 5.74) is 0.956. The van der Waals surface area contributed by atoms with Crippen LogP contribution in [0.15, 0.2) is 12.4 Å². The Labute approximate surface area is 56.4 Å². The average molecular weight is 120 g/mol. The second kappa shape index (κ2) is 2.25. The van der Waals surface area contributed by atoms with Crippen molar-refractivity contribution in [2.45, 2.75) is 6.92 Å². The predicted molar refractivity (Wildman–Crippen MR) is 32.2 cm³/mol. The van der Waals surface area contributed by atoms with Crippen LogP contribution in [0, 0.1) is 6.92 Å². The highest BCUT2D eigenvalue weighted by atomic mass is 27.0. The van der Waals surface area contributed by atoms with Gasteiger partial charge in [-0.1, -0.05) is 0 Å². The Morgan fingerprint density at radius 3 is 2.62 bits per heavy atom. The summed E-state index contributed by atoms with van der Waals surface area (Å²) in [6.45, 7) is 1.92. The molecule has 38 valence electrons. The predicted octanol–water partition coefficient (Wildman–Crippen LogP) is -0.421. The largest absolute Gasteiger partial charge is 0.276 e. The first-order valence-corrected chi connectivity index (χ1v) is 2.91. The fourth-order valence-corrected chi connectivity index (χ4v) is 0.773. The molecule has 0 N–H and O–H groups in total. The Morgan fingerprint density at radius 1 is 1.50 bits per heavy atom. The molecule has 0 aromatic carbocycles. The van der Waals surface area contributed by atoms with Gasteiger partial charge in [0.15, 0.2) is 0 Å². The first-order chi connectivity index (χ1) is 3.79. The van der Waals surface area contributed by atoms with Crippen molar-refractivity contribution in [2.75, 3.05) is 0 Å². The van der Waals surface area contributed by atoms with Crippen LogP contribution in [-0.2, 0) is 0 Å². The lowest BCUT2D eigenvalue weighted by molar-refractivity contribution is 1.15. The first-order valence-electron chi connectivity index (χ1n) is 2.33. The minimum absolute atomic E-state index is 0.894. The maximum Gasteiger partial charge on any atom is 0.212 e. The summed E-state index contributed by atoms with van der Waals surface area (Å²) < 4.78 is 0.894. The van der Waals surface area contributed by atoms with Gasteiger partial charge in [-0.2, -0.15) is 0 Å². The molecule has 0 atom stereocenters. The molecule has 0 aliphatic carbocycles. The van der Waals surface area contributed by atoms with Crippen LogP contribution in [0.3, 0.4) is 0 Å². The number of aromatic nitrogens is 2. The Balaban J connectivity index is 3.08. The molecule has 0 amide bonds. The molecular weight excluding hydrogens is 115 g/mol. The van der Waals surface area contributed by atoms with Gasteiger partial charge < -0.3 is 0 Å². The summed E-state index contributed by atoms with van der Waals surface area (Å²) in [5.74, 6) is 0. The third-order valence-electron chi connectivity index (χ3n) is 0.774. The monoisotopic (exact) mass is 120 g/mol. The Hall–Kier alpha value is -0.388. The summed E-state index contributed by atoms with van der Waals surface area (Å²) in [5, 5.41) is 0. The summed E-state index contributed by atoms with van der Waals surface area (Å²) in [6.07, 6.45) is 3.44. The lowest BCUT2D eigenvalue weighted by Crippen LogP contribution is -2.08. The van der Waals surface area contributed by atoms with Crippen LogP contribution >= 0.6 is 0 Å². The molecule has 3 heteroatoms. The van der Waals surface area contributed by atoms with E-state index in [-0.39, 0.29) is 0 Å². The number of aryl methyl sites for hydroxylation is 1. The number of nitrogens with zero attached hydrogens (tertiary/aromatic N) is 2. The second-order valence-electron chi connectivity index (χ2n) is 1.59. The summed E-state index contributed by atoms with van der Waals surface area (Å²) in [6, 6.07) is 0. The SMILES string of the molecule is Cc1cnc[c]([Al])n1. The van der Waals surface area contributed by atoms with Crippen molar-refractivity contribution < 1.29 is 0 Å². The van der Waals surface area contributed by atoms with Gasteiger partial charge in [0.25, 0.3) is 0 Å². The average Bonchev–Trinajstić information content (AvgIpc) is 1.64. The van der Waals surface area contributed by atoms with Gasteiger partial charge in [-0.05, 0) is 11.5 Å². The molecule has 0 spiro atoms. The van der Waals surface area contributed by atoms with Gasteiger partial charge in [0.1, 0.15) is 0 Å². The van der Waals surface area contributed by atoms with Crippen molar-refractivity contribution in [3.05, 3.63) is 18.1 Å². The molecule has 0 saturated heterocycles. The van der Waals surface area contributed by atoms with Gasteiger partial charge >= 0.3 is 0 Å². The lowest BCUT2D eigenvalue weighted by atomic mass is 10.5. The van der Waals surface area contributed by atoms with E-state index >= 15 is 0 Å². The number of hydrogen-bond acceptors (Lipinski definition) is 2. The highest BCUT2D eigenvalue weighted by Gasteiger charge is 1.82. The Kier molecular flexibility index (Phi) is 1.62. The summed E-state index contributed by atoms with van der Waals surface area (Å²) >= 11 is 2.49. The standard InChI is InChI=1S/C5H5N2.Al/c1-5-4-6-2-3-7-5;/h2,4H,1H3;. The molecule has 1 aromatic rings. The lowest BCUT2D eigenvalue weighted by Gasteiger charge is -1.90. The third-order valence-corrected chi connectivity index (χ3v) is 1.05. The molecule has 2 nitrogen and oxygen atoms in total. The fourth-order valence-electron chi connectivity index (χ4n) is 0.483. The highest BCUT2D eigenvalue weighted by Crippen LogP contribution is 1.79. The Bertz CT molecular complexity index is 170. The quantitative estimate of drug-likeness (QED) is 0.434. The molecule has 0 aliphatic heterocycles. The van der Waals surface area contributed by atoms with E-state index in [0.717, 1.165) is 10.2 Å². The zero-order valence-electron chi connectivity index (χ0n) is 4.63. The van der Waals surface area contributed by atoms with Crippen LogP contribution in [0.25, 0.3) is 0 Å². The normalized spacial score (nSPS) is 9.12. The minimum atomic E-state index is 0.894. The smallest absolute Gasteiger partial charge is 0.212 e. The van der Waals surface area contributed by atoms with E-state index in [1.807, 2.05) is 6.92 Å². The molecule has 0 bridgehead atoms. The third kappa shape index (κ3) is 1.29. The van der Waals surface area contributed by atoms with Crippen LogP contribution in [0.1, 0.15) is 5.69 Å². The van der Waals surface area contributed by atoms with Crippen LogP contribution in [-0.4, -0.2) is 26.3 Å². The molecule has 0 aliphatic rings. The van der Waals surface area contributed by atoms with Crippen molar-refractivity contribution in [1.29, 1.82) is 0 Å². The molecule has 2 radical (unpaired) electrons. The number of rotatable bonds is 0. The van der Waals surface area contributed by atoms with E-state index in [2.05, 4.69) is 26.3 Å². The van der Waals surface area contributed by atoms with Crippen molar-refractivity contribution in [2.24, 2.45) is 0 Å². The van der Waals surface area contributed by atoms with Crippen LogP contribution < -0.4 is 4.56 Å². The van der Waals surface area contributed by atoms with Gasteiger partial charge in [-0.15, -0.1) is 0 Å². The van der Waals surface area contributed by atoms with E-state index in [9.17, 15) is 0 Å². The molecule has 1 rings (SSSR count). The van der Waals surface area contributed by atoms with Gasteiger partial charge in [-0.25, -0.2) is 0 Å². The molecule has 1 heterocycles. The maximum atomic E-state index is 4.07. The van der Waals surface area contributed by atoms with Crippen LogP contribution in [0.4, 0.5) is 0 Å². The van der Waals surface area contributed by atoms with Gasteiger partial charge in [0.05, 0.1) is 5.69 Å². The maximum absolute atomic E-state index is 4.07. The minimum Gasteiger partial charge on any atom is -0.276 e. The summed E-state index contributed by atoms with van der Waals surface area (Å²) in [7, 11) is 0. The zero-order chi connectivity index (χ0) is 5.98. The molecule has 0 fully saturated rings. The van der Waals surface area contributed by atoms with Crippen molar-refractivity contribution >= 4 is 20.8 Å². The van der Waals surface area contributed by atoms with Crippen LogP contribution in [0.2, 0.25) is 0 Å². The molecule has 1 aromatic heterocycles. The Morgan fingerprint density at radius 2 is 2.25 bits per heavy atom. The van der Waals surface area contributed by atoms with E-state index in [4.69, 9.17) is 0 Å². The van der Waals surface area contributed by atoms with Crippen LogP contribution in [0.5, 0.6) is 0 Å². The summed E-state index contributed by atoms with van der Waals surface area (Å²) in [4.78, 5) is 7.97. The first kappa shape index (κ1) is 5.74. The van der Waals surface area contributed by atoms with E-state index in [1.54, 1.807) is 12.4 Å². The van der Waals surface area contributed by atoms with E-state index in [0.29, 0.717) is 0 Å². The van der Waals surface area contributed by atoms with E-state index < -0.39 is 0 Å². The molecule has 0 unspecified atom stereocenters. The topological polar surface area (TPSA) is 25.8 Å². The van der Waals surface area contributed by atoms with Gasteiger partial charge in [0, 0.05) is 12.4 Å². The van der Waals surface area contributed by atoms with Gasteiger partial charge in [0.2, 0.25) is 16.3 Å². The fraction of sp³-hybridized carbons (Fsp3) is 0.200. The van der Waals surface area contributed by atoms with E-state index in [1.165, 1.54) is 0 Å². The van der Waals surface area contributed by atoms with Crippen molar-refractivity contribution in [3.8, 4) is 0 Å². The second-order valence-corrected chi connectivity index (χ2v) is 2.18. The molecule has 8 heavy (non-hydrogen) atoms. The zero-order valence-corrected chi connectivity index (χ0v) is 5.78. The van der Waals surface area contributed by atoms with Crippen molar-refractivity contribution in [1.82, 2.24) is 9.97 Å². The number of hydrogen-bond donors (Lipinski definition) is 0.